The highest BCUT2D eigenvalue weighted by atomic mass is 32.2. The molecule has 0 aliphatic carbocycles. The van der Waals surface area contributed by atoms with Crippen LogP contribution < -0.4 is 10.5 Å². The fourth-order valence-corrected chi connectivity index (χ4v) is 4.56. The fraction of sp³-hybridized carbons (Fsp3) is 0.238. The van der Waals surface area contributed by atoms with Crippen LogP contribution in [0.2, 0.25) is 0 Å². The molecule has 0 spiro atoms. The van der Waals surface area contributed by atoms with Crippen molar-refractivity contribution in [2.45, 2.75) is 30.4 Å². The molecule has 8 heteroatoms. The molecule has 4 rings (SSSR count). The lowest BCUT2D eigenvalue weighted by atomic mass is 10.1. The summed E-state index contributed by atoms with van der Waals surface area (Å²) in [6, 6.07) is 9.34. The first-order valence-electron chi connectivity index (χ1n) is 9.08. The van der Waals surface area contributed by atoms with Gasteiger partial charge in [0.15, 0.2) is 9.84 Å². The summed E-state index contributed by atoms with van der Waals surface area (Å²) < 4.78 is 32.4. The highest BCUT2D eigenvalue weighted by Gasteiger charge is 2.34. The van der Waals surface area contributed by atoms with Gasteiger partial charge >= 0.3 is 0 Å². The Labute approximate surface area is 169 Å². The van der Waals surface area contributed by atoms with Crippen LogP contribution in [0, 0.1) is 0 Å². The molecule has 0 fully saturated rings. The first-order valence-corrected chi connectivity index (χ1v) is 10.6. The predicted octanol–water partition coefficient (Wildman–Crippen LogP) is 3.71. The first-order chi connectivity index (χ1) is 13.6. The maximum Gasteiger partial charge on any atom is 0.188 e. The van der Waals surface area contributed by atoms with Gasteiger partial charge in [-0.1, -0.05) is 12.1 Å². The van der Waals surface area contributed by atoms with Crippen LogP contribution in [0.5, 0.6) is 5.75 Å². The van der Waals surface area contributed by atoms with E-state index in [2.05, 4.69) is 9.97 Å². The van der Waals surface area contributed by atoms with Crippen LogP contribution >= 0.6 is 0 Å². The Bertz CT molecular complexity index is 1350. The Morgan fingerprint density at radius 1 is 1.10 bits per heavy atom. The fourth-order valence-electron chi connectivity index (χ4n) is 3.25. The number of fused-ring (bicyclic) bond motifs is 2. The molecule has 1 aromatic carbocycles. The number of ether oxygens (including phenoxy) is 1. The highest BCUT2D eigenvalue weighted by Crippen LogP contribution is 2.35. The Balaban J connectivity index is 1.97. The van der Waals surface area contributed by atoms with Crippen LogP contribution in [0.3, 0.4) is 0 Å². The molecule has 2 N–H and O–H groups in total. The number of nitrogens with two attached hydrogens (primary N) is 1. The summed E-state index contributed by atoms with van der Waals surface area (Å²) in [5.74, 6) is 0.748. The number of benzene rings is 1. The third kappa shape index (κ3) is 3.00. The van der Waals surface area contributed by atoms with Crippen LogP contribution in [-0.2, 0) is 9.84 Å². The van der Waals surface area contributed by atoms with Crippen LogP contribution in [0.1, 0.15) is 20.8 Å². The standard InChI is InChI=1S/C21H22N4O3S/c1-21(2,3)29(26,27)18-12-25-16(11-24-19(25)10-17(18)28-4)14-5-6-15-13(9-14)7-8-23-20(15)22/h5-12H,1-4H3,(H2,22,23). The van der Waals surface area contributed by atoms with Gasteiger partial charge in [-0.2, -0.15) is 0 Å². The minimum absolute atomic E-state index is 0.133. The van der Waals surface area contributed by atoms with E-state index in [4.69, 9.17) is 10.5 Å². The minimum atomic E-state index is -3.63. The van der Waals surface area contributed by atoms with Crippen LogP contribution in [-0.4, -0.2) is 34.6 Å². The largest absolute Gasteiger partial charge is 0.495 e. The molecule has 0 atom stereocenters. The molecular weight excluding hydrogens is 388 g/mol. The highest BCUT2D eigenvalue weighted by molar-refractivity contribution is 7.92. The van der Waals surface area contributed by atoms with Crippen molar-refractivity contribution in [2.24, 2.45) is 0 Å². The van der Waals surface area contributed by atoms with Crippen molar-refractivity contribution in [1.29, 1.82) is 0 Å². The maximum absolute atomic E-state index is 13.1. The molecule has 0 saturated carbocycles. The smallest absolute Gasteiger partial charge is 0.188 e. The molecule has 4 aromatic rings. The number of sulfone groups is 1. The number of aromatic nitrogens is 3. The second kappa shape index (κ2) is 6.45. The van der Waals surface area contributed by atoms with E-state index in [1.54, 1.807) is 49.8 Å². The number of nitrogens with zero attached hydrogens (tertiary/aromatic N) is 3. The SMILES string of the molecule is COc1cc2ncc(-c3ccc4c(N)nccc4c3)n2cc1S(=O)(=O)C(C)(C)C. The molecule has 0 aliphatic rings. The average molecular weight is 410 g/mol. The third-order valence-corrected chi connectivity index (χ3v) is 7.48. The number of anilines is 1. The zero-order chi connectivity index (χ0) is 21.0. The molecule has 0 unspecified atom stereocenters. The van der Waals surface area contributed by atoms with Crippen LogP contribution in [0.15, 0.2) is 53.8 Å². The third-order valence-electron chi connectivity index (χ3n) is 4.98. The van der Waals surface area contributed by atoms with Gasteiger partial charge in [0, 0.05) is 29.4 Å². The van der Waals surface area contributed by atoms with Gasteiger partial charge in [0.2, 0.25) is 0 Å². The van der Waals surface area contributed by atoms with Gasteiger partial charge in [-0.25, -0.2) is 18.4 Å². The maximum atomic E-state index is 13.1. The number of pyridine rings is 2. The van der Waals surface area contributed by atoms with E-state index in [1.807, 2.05) is 24.3 Å². The second-order valence-corrected chi connectivity index (χ2v) is 10.5. The number of imidazole rings is 1. The molecule has 0 saturated heterocycles. The summed E-state index contributed by atoms with van der Waals surface area (Å²) in [7, 11) is -2.17. The van der Waals surface area contributed by atoms with E-state index in [0.717, 1.165) is 22.0 Å². The Kier molecular flexibility index (Phi) is 4.27. The normalized spacial score (nSPS) is 12.6. The second-order valence-electron chi connectivity index (χ2n) is 7.83. The van der Waals surface area contributed by atoms with E-state index in [0.29, 0.717) is 11.5 Å². The van der Waals surface area contributed by atoms with Crippen LogP contribution in [0.4, 0.5) is 5.82 Å². The Hall–Kier alpha value is -3.13. The van der Waals surface area contributed by atoms with Gasteiger partial charge in [-0.05, 0) is 38.3 Å². The lowest BCUT2D eigenvalue weighted by molar-refractivity contribution is 0.401. The number of rotatable bonds is 3. The quantitative estimate of drug-likeness (QED) is 0.553. The van der Waals surface area contributed by atoms with Crippen molar-refractivity contribution >= 4 is 32.1 Å². The van der Waals surface area contributed by atoms with Crippen molar-refractivity contribution in [3.8, 4) is 17.0 Å². The van der Waals surface area contributed by atoms with Crippen molar-refractivity contribution in [3.63, 3.8) is 0 Å². The van der Waals surface area contributed by atoms with Gasteiger partial charge in [-0.3, -0.25) is 4.40 Å². The summed E-state index contributed by atoms with van der Waals surface area (Å²) in [6.45, 7) is 5.01. The first kappa shape index (κ1) is 19.2. The summed E-state index contributed by atoms with van der Waals surface area (Å²) in [5.41, 5.74) is 8.20. The molecule has 0 amide bonds. The molecule has 29 heavy (non-hydrogen) atoms. The number of hydrogen-bond acceptors (Lipinski definition) is 6. The molecule has 3 aromatic heterocycles. The topological polar surface area (TPSA) is 99.6 Å². The van der Waals surface area contributed by atoms with E-state index in [1.165, 1.54) is 7.11 Å². The van der Waals surface area contributed by atoms with E-state index in [-0.39, 0.29) is 10.6 Å². The van der Waals surface area contributed by atoms with Crippen LogP contribution in [0.25, 0.3) is 27.7 Å². The zero-order valence-electron chi connectivity index (χ0n) is 16.7. The van der Waals surface area contributed by atoms with Gasteiger partial charge in [0.25, 0.3) is 0 Å². The lowest BCUT2D eigenvalue weighted by Gasteiger charge is -2.21. The average Bonchev–Trinajstić information content (AvgIpc) is 3.09. The summed E-state index contributed by atoms with van der Waals surface area (Å²) in [6.07, 6.45) is 4.96. The summed E-state index contributed by atoms with van der Waals surface area (Å²) in [5, 5.41) is 1.81. The zero-order valence-corrected chi connectivity index (χ0v) is 17.5. The molecule has 7 nitrogen and oxygen atoms in total. The molecule has 0 radical (unpaired) electrons. The van der Waals surface area contributed by atoms with Gasteiger partial charge in [-0.15, -0.1) is 0 Å². The Morgan fingerprint density at radius 3 is 2.55 bits per heavy atom. The molecule has 150 valence electrons. The van der Waals surface area contributed by atoms with Crippen molar-refractivity contribution in [1.82, 2.24) is 14.4 Å². The predicted molar refractivity (Wildman–Crippen MR) is 114 cm³/mol. The molecule has 3 heterocycles. The molecule has 0 aliphatic heterocycles. The minimum Gasteiger partial charge on any atom is -0.495 e. The summed E-state index contributed by atoms with van der Waals surface area (Å²) >= 11 is 0. The van der Waals surface area contributed by atoms with Crippen molar-refractivity contribution in [2.75, 3.05) is 12.8 Å². The van der Waals surface area contributed by atoms with E-state index < -0.39 is 14.6 Å². The Morgan fingerprint density at radius 2 is 1.86 bits per heavy atom. The van der Waals surface area contributed by atoms with Gasteiger partial charge < -0.3 is 10.5 Å². The summed E-state index contributed by atoms with van der Waals surface area (Å²) in [4.78, 5) is 8.68. The van der Waals surface area contributed by atoms with Gasteiger partial charge in [0.05, 0.1) is 23.7 Å². The molecule has 0 bridgehead atoms. The number of methoxy groups -OCH3 is 1. The lowest BCUT2D eigenvalue weighted by Crippen LogP contribution is -2.28. The van der Waals surface area contributed by atoms with Gasteiger partial charge in [0.1, 0.15) is 22.1 Å². The van der Waals surface area contributed by atoms with Crippen molar-refractivity contribution < 1.29 is 13.2 Å². The monoisotopic (exact) mass is 410 g/mol. The number of nitrogen functional groups attached to an aromatic ring is 1. The van der Waals surface area contributed by atoms with Crippen molar-refractivity contribution in [3.05, 3.63) is 48.9 Å². The number of hydrogen-bond donors (Lipinski definition) is 1. The van der Waals surface area contributed by atoms with E-state index >= 15 is 0 Å². The molecular formula is C21H22N4O3S. The van der Waals surface area contributed by atoms with E-state index in [9.17, 15) is 8.42 Å².